The standard InChI is InChI=1S/C25H29F3N6O2/c1-14-8-17(9-15(2)24(14,4)36)21-10-22(31-16(3)30-21)33-23(35)20-7-5-6-19(32-20)18-11-29-34(12-18)13-25(26,27)28/h5-7,10-12,14-15,17,36H,8-9,13H2,1-4H3,(H,30,31,33,35)/t14-,15+,17?,24?. The Morgan fingerprint density at radius 3 is 2.56 bits per heavy atom. The molecular formula is C25H29F3N6O2. The van der Waals surface area contributed by atoms with Crippen molar-refractivity contribution in [3.8, 4) is 11.3 Å². The van der Waals surface area contributed by atoms with Crippen molar-refractivity contribution in [1.82, 2.24) is 24.7 Å². The lowest BCUT2D eigenvalue weighted by molar-refractivity contribution is -0.142. The van der Waals surface area contributed by atoms with Crippen LogP contribution in [-0.4, -0.2) is 47.5 Å². The van der Waals surface area contributed by atoms with Gasteiger partial charge in [0.2, 0.25) is 0 Å². The number of anilines is 1. The van der Waals surface area contributed by atoms with E-state index in [1.807, 2.05) is 20.8 Å². The molecule has 3 aromatic rings. The Hall–Kier alpha value is -3.34. The quantitative estimate of drug-likeness (QED) is 0.521. The van der Waals surface area contributed by atoms with Crippen LogP contribution in [0.25, 0.3) is 11.3 Å². The highest BCUT2D eigenvalue weighted by Crippen LogP contribution is 2.44. The van der Waals surface area contributed by atoms with Crippen LogP contribution < -0.4 is 5.32 Å². The number of rotatable bonds is 5. The third-order valence-corrected chi connectivity index (χ3v) is 7.04. The number of pyridine rings is 1. The van der Waals surface area contributed by atoms with Gasteiger partial charge >= 0.3 is 6.18 Å². The third kappa shape index (κ3) is 5.72. The van der Waals surface area contributed by atoms with E-state index in [4.69, 9.17) is 0 Å². The lowest BCUT2D eigenvalue weighted by Gasteiger charge is -2.44. The summed E-state index contributed by atoms with van der Waals surface area (Å²) in [5.41, 5.74) is 0.851. The second-order valence-corrected chi connectivity index (χ2v) is 9.83. The van der Waals surface area contributed by atoms with Gasteiger partial charge in [0.1, 0.15) is 23.9 Å². The molecule has 1 fully saturated rings. The summed E-state index contributed by atoms with van der Waals surface area (Å²) in [6.07, 6.45) is -0.335. The maximum absolute atomic E-state index is 12.9. The number of halogens is 3. The van der Waals surface area contributed by atoms with Crippen molar-refractivity contribution in [3.63, 3.8) is 0 Å². The number of hydrogen-bond donors (Lipinski definition) is 2. The van der Waals surface area contributed by atoms with Crippen molar-refractivity contribution in [2.24, 2.45) is 11.8 Å². The number of hydrogen-bond acceptors (Lipinski definition) is 6. The number of aromatic nitrogens is 5. The maximum atomic E-state index is 12.9. The van der Waals surface area contributed by atoms with Crippen LogP contribution in [-0.2, 0) is 6.54 Å². The van der Waals surface area contributed by atoms with E-state index >= 15 is 0 Å². The number of amides is 1. The normalized spacial score (nSPS) is 24.5. The summed E-state index contributed by atoms with van der Waals surface area (Å²) in [7, 11) is 0. The van der Waals surface area contributed by atoms with E-state index in [9.17, 15) is 23.1 Å². The summed E-state index contributed by atoms with van der Waals surface area (Å²) in [6.45, 7) is 6.48. The van der Waals surface area contributed by atoms with Crippen LogP contribution in [0.2, 0.25) is 0 Å². The van der Waals surface area contributed by atoms with Crippen LogP contribution in [0.1, 0.15) is 61.5 Å². The summed E-state index contributed by atoms with van der Waals surface area (Å²) in [4.78, 5) is 26.2. The number of nitrogens with one attached hydrogen (secondary N) is 1. The first kappa shape index (κ1) is 25.7. The first-order valence-electron chi connectivity index (χ1n) is 11.8. The Balaban J connectivity index is 1.51. The first-order chi connectivity index (χ1) is 16.8. The molecule has 0 aliphatic heterocycles. The molecule has 36 heavy (non-hydrogen) atoms. The molecule has 1 aliphatic carbocycles. The molecule has 192 valence electrons. The van der Waals surface area contributed by atoms with Gasteiger partial charge in [-0.3, -0.25) is 9.48 Å². The zero-order chi connectivity index (χ0) is 26.3. The Morgan fingerprint density at radius 2 is 1.89 bits per heavy atom. The number of carbonyl (C=O) groups is 1. The summed E-state index contributed by atoms with van der Waals surface area (Å²) in [6, 6.07) is 6.46. The van der Waals surface area contributed by atoms with E-state index in [1.54, 1.807) is 25.1 Å². The lowest BCUT2D eigenvalue weighted by Crippen LogP contribution is -2.44. The number of nitrogens with zero attached hydrogens (tertiary/aromatic N) is 5. The fraction of sp³-hybridized carbons (Fsp3) is 0.480. The monoisotopic (exact) mass is 502 g/mol. The molecule has 11 heteroatoms. The molecule has 2 unspecified atom stereocenters. The number of aryl methyl sites for hydroxylation is 1. The van der Waals surface area contributed by atoms with E-state index in [-0.39, 0.29) is 23.4 Å². The van der Waals surface area contributed by atoms with E-state index < -0.39 is 24.2 Å². The smallest absolute Gasteiger partial charge is 0.390 e. The largest absolute Gasteiger partial charge is 0.408 e. The van der Waals surface area contributed by atoms with Gasteiger partial charge in [-0.1, -0.05) is 19.9 Å². The first-order valence-corrected chi connectivity index (χ1v) is 11.8. The third-order valence-electron chi connectivity index (χ3n) is 7.04. The van der Waals surface area contributed by atoms with E-state index in [2.05, 4.69) is 25.4 Å². The number of carbonyl (C=O) groups excluding carboxylic acids is 1. The molecule has 0 bridgehead atoms. The summed E-state index contributed by atoms with van der Waals surface area (Å²) >= 11 is 0. The molecule has 0 aromatic carbocycles. The van der Waals surface area contributed by atoms with Crippen molar-refractivity contribution < 1.29 is 23.1 Å². The average Bonchev–Trinajstić information content (AvgIpc) is 3.24. The van der Waals surface area contributed by atoms with Crippen molar-refractivity contribution in [2.45, 2.75) is 64.8 Å². The summed E-state index contributed by atoms with van der Waals surface area (Å²) < 4.78 is 38.7. The van der Waals surface area contributed by atoms with Gasteiger partial charge in [0.25, 0.3) is 5.91 Å². The Kier molecular flexibility index (Phi) is 6.87. The number of aliphatic hydroxyl groups is 1. The Labute approximate surface area is 207 Å². The van der Waals surface area contributed by atoms with Crippen LogP contribution in [0.15, 0.2) is 36.7 Å². The predicted molar refractivity (Wildman–Crippen MR) is 127 cm³/mol. The second-order valence-electron chi connectivity index (χ2n) is 9.83. The van der Waals surface area contributed by atoms with Gasteiger partial charge in [-0.25, -0.2) is 15.0 Å². The highest BCUT2D eigenvalue weighted by molar-refractivity contribution is 6.02. The van der Waals surface area contributed by atoms with E-state index in [0.29, 0.717) is 22.9 Å². The second kappa shape index (κ2) is 9.61. The highest BCUT2D eigenvalue weighted by atomic mass is 19.4. The van der Waals surface area contributed by atoms with Crippen LogP contribution >= 0.6 is 0 Å². The van der Waals surface area contributed by atoms with E-state index in [0.717, 1.165) is 23.2 Å². The van der Waals surface area contributed by atoms with Crippen molar-refractivity contribution in [2.75, 3.05) is 5.32 Å². The topological polar surface area (TPSA) is 106 Å². The molecule has 0 saturated heterocycles. The van der Waals surface area contributed by atoms with Gasteiger partial charge in [-0.15, -0.1) is 0 Å². The van der Waals surface area contributed by atoms with Crippen LogP contribution in [0.5, 0.6) is 0 Å². The minimum Gasteiger partial charge on any atom is -0.390 e. The molecule has 3 aromatic heterocycles. The average molecular weight is 503 g/mol. The molecule has 4 rings (SSSR count). The van der Waals surface area contributed by atoms with E-state index in [1.165, 1.54) is 18.5 Å². The van der Waals surface area contributed by atoms with Gasteiger partial charge in [0.15, 0.2) is 0 Å². The van der Waals surface area contributed by atoms with Gasteiger partial charge in [0.05, 0.1) is 17.5 Å². The van der Waals surface area contributed by atoms with Crippen LogP contribution in [0, 0.1) is 18.8 Å². The lowest BCUT2D eigenvalue weighted by atomic mass is 9.66. The summed E-state index contributed by atoms with van der Waals surface area (Å²) in [5.74, 6) is 0.655. The molecule has 1 amide bonds. The minimum atomic E-state index is -4.39. The fourth-order valence-corrected chi connectivity index (χ4v) is 4.69. The predicted octanol–water partition coefficient (Wildman–Crippen LogP) is 4.76. The van der Waals surface area contributed by atoms with Gasteiger partial charge in [-0.2, -0.15) is 18.3 Å². The minimum absolute atomic E-state index is 0.0878. The molecule has 1 saturated carbocycles. The molecule has 3 heterocycles. The molecule has 1 aliphatic rings. The molecule has 0 spiro atoms. The Morgan fingerprint density at radius 1 is 1.19 bits per heavy atom. The van der Waals surface area contributed by atoms with Crippen molar-refractivity contribution in [1.29, 1.82) is 0 Å². The fourth-order valence-electron chi connectivity index (χ4n) is 4.69. The maximum Gasteiger partial charge on any atom is 0.408 e. The number of alkyl halides is 3. The molecular weight excluding hydrogens is 473 g/mol. The highest BCUT2D eigenvalue weighted by Gasteiger charge is 2.42. The molecule has 8 nitrogen and oxygen atoms in total. The van der Waals surface area contributed by atoms with Gasteiger partial charge in [0, 0.05) is 29.4 Å². The van der Waals surface area contributed by atoms with Crippen LogP contribution in [0.3, 0.4) is 0 Å². The zero-order valence-corrected chi connectivity index (χ0v) is 20.5. The molecule has 4 atom stereocenters. The van der Waals surface area contributed by atoms with Crippen molar-refractivity contribution >= 4 is 11.7 Å². The summed E-state index contributed by atoms with van der Waals surface area (Å²) in [5, 5.41) is 17.2. The van der Waals surface area contributed by atoms with Gasteiger partial charge < -0.3 is 10.4 Å². The zero-order valence-electron chi connectivity index (χ0n) is 20.5. The SMILES string of the molecule is Cc1nc(NC(=O)c2cccc(-c3cnn(CC(F)(F)F)c3)n2)cc(C2C[C@@H](C)C(C)(O)[C@@H](C)C2)n1. The van der Waals surface area contributed by atoms with Crippen LogP contribution in [0.4, 0.5) is 19.0 Å². The van der Waals surface area contributed by atoms with Crippen molar-refractivity contribution in [3.05, 3.63) is 53.9 Å². The molecule has 2 N–H and O–H groups in total. The Bertz CT molecular complexity index is 1240. The van der Waals surface area contributed by atoms with Gasteiger partial charge in [-0.05, 0) is 50.7 Å². The molecule has 0 radical (unpaired) electrons.